The smallest absolute Gasteiger partial charge is 0.280 e. The fourth-order valence-corrected chi connectivity index (χ4v) is 4.12. The molecule has 0 bridgehead atoms. The Morgan fingerprint density at radius 1 is 1.52 bits per heavy atom. The Balaban J connectivity index is 2.40. The van der Waals surface area contributed by atoms with Gasteiger partial charge in [0.25, 0.3) is 10.0 Å². The number of thiocarbonyl (C=S) groups is 1. The van der Waals surface area contributed by atoms with Crippen LogP contribution in [0.15, 0.2) is 33.9 Å². The summed E-state index contributed by atoms with van der Waals surface area (Å²) in [7, 11) is -2.37. The molecule has 0 aliphatic heterocycles. The number of nitrogens with one attached hydrogen (secondary N) is 1. The van der Waals surface area contributed by atoms with Crippen LogP contribution in [-0.2, 0) is 17.1 Å². The van der Waals surface area contributed by atoms with Gasteiger partial charge in [-0.1, -0.05) is 23.8 Å². The lowest BCUT2D eigenvalue weighted by Crippen LogP contribution is -2.17. The number of nitrogens with two attached hydrogens (primary N) is 1. The monoisotopic (exact) mass is 408 g/mol. The molecule has 112 valence electrons. The largest absolute Gasteiger partial charge is 0.389 e. The zero-order valence-electron chi connectivity index (χ0n) is 10.7. The van der Waals surface area contributed by atoms with Crippen molar-refractivity contribution in [1.29, 1.82) is 0 Å². The maximum absolute atomic E-state index is 12.3. The van der Waals surface area contributed by atoms with Gasteiger partial charge in [0.1, 0.15) is 4.99 Å². The molecule has 2 rings (SSSR count). The first-order valence-electron chi connectivity index (χ1n) is 5.52. The minimum atomic E-state index is -3.86. The van der Waals surface area contributed by atoms with Gasteiger partial charge >= 0.3 is 0 Å². The molecule has 0 saturated carbocycles. The lowest BCUT2D eigenvalue weighted by atomic mass is 10.2. The Morgan fingerprint density at radius 3 is 2.67 bits per heavy atom. The number of benzene rings is 1. The Morgan fingerprint density at radius 2 is 2.19 bits per heavy atom. The highest BCUT2D eigenvalue weighted by atomic mass is 79.9. The zero-order chi connectivity index (χ0) is 15.8. The fourth-order valence-electron chi connectivity index (χ4n) is 1.65. The molecule has 0 spiro atoms. The van der Waals surface area contributed by atoms with Gasteiger partial charge in [-0.15, -0.1) is 0 Å². The second kappa shape index (κ2) is 5.91. The molecule has 0 atom stereocenters. The van der Waals surface area contributed by atoms with Gasteiger partial charge in [-0.25, -0.2) is 0 Å². The van der Waals surface area contributed by atoms with Crippen molar-refractivity contribution in [3.05, 3.63) is 39.5 Å². The van der Waals surface area contributed by atoms with Crippen molar-refractivity contribution in [2.45, 2.75) is 5.03 Å². The van der Waals surface area contributed by atoms with E-state index in [4.69, 9.17) is 29.6 Å². The van der Waals surface area contributed by atoms with E-state index < -0.39 is 10.0 Å². The van der Waals surface area contributed by atoms with Crippen molar-refractivity contribution >= 4 is 60.4 Å². The number of nitrogens with zero attached hydrogens (tertiary/aromatic N) is 2. The number of sulfonamides is 1. The highest BCUT2D eigenvalue weighted by Crippen LogP contribution is 2.28. The van der Waals surface area contributed by atoms with Gasteiger partial charge < -0.3 is 5.73 Å². The maximum atomic E-state index is 12.3. The van der Waals surface area contributed by atoms with Crippen LogP contribution in [0.25, 0.3) is 0 Å². The van der Waals surface area contributed by atoms with Gasteiger partial charge in [-0.05, 0) is 34.1 Å². The second-order valence-corrected chi connectivity index (χ2v) is 7.38. The Bertz CT molecular complexity index is 800. The van der Waals surface area contributed by atoms with Crippen molar-refractivity contribution in [1.82, 2.24) is 9.78 Å². The van der Waals surface area contributed by atoms with Crippen molar-refractivity contribution in [2.75, 3.05) is 4.72 Å². The summed E-state index contributed by atoms with van der Waals surface area (Å²) in [6.45, 7) is 0. The van der Waals surface area contributed by atoms with Crippen molar-refractivity contribution in [3.8, 4) is 0 Å². The summed E-state index contributed by atoms with van der Waals surface area (Å²) in [5, 5.41) is 3.73. The van der Waals surface area contributed by atoms with Gasteiger partial charge in [0.05, 0.1) is 16.9 Å². The van der Waals surface area contributed by atoms with Crippen molar-refractivity contribution in [3.63, 3.8) is 0 Å². The molecule has 0 fully saturated rings. The molecule has 0 saturated heterocycles. The summed E-state index contributed by atoms with van der Waals surface area (Å²) in [5.41, 5.74) is 6.48. The first-order valence-corrected chi connectivity index (χ1v) is 8.58. The van der Waals surface area contributed by atoms with E-state index >= 15 is 0 Å². The van der Waals surface area contributed by atoms with E-state index in [1.54, 1.807) is 18.2 Å². The average Bonchev–Trinajstić information content (AvgIpc) is 2.71. The molecule has 0 aliphatic carbocycles. The number of anilines is 1. The molecule has 0 unspecified atom stereocenters. The van der Waals surface area contributed by atoms with E-state index in [9.17, 15) is 8.42 Å². The first kappa shape index (κ1) is 16.2. The van der Waals surface area contributed by atoms with Gasteiger partial charge in [0.15, 0.2) is 5.03 Å². The number of aryl methyl sites for hydroxylation is 1. The predicted molar refractivity (Wildman–Crippen MR) is 89.1 cm³/mol. The number of halogens is 2. The highest BCUT2D eigenvalue weighted by molar-refractivity contribution is 9.10. The number of rotatable bonds is 4. The second-order valence-electron chi connectivity index (χ2n) is 4.09. The van der Waals surface area contributed by atoms with E-state index in [2.05, 4.69) is 25.8 Å². The van der Waals surface area contributed by atoms with E-state index in [1.807, 2.05) is 0 Å². The fraction of sp³-hybridized carbons (Fsp3) is 0.0909. The molecule has 6 nitrogen and oxygen atoms in total. The molecule has 1 aromatic carbocycles. The Hall–Kier alpha value is -1.16. The first-order chi connectivity index (χ1) is 9.72. The summed E-state index contributed by atoms with van der Waals surface area (Å²) in [5.74, 6) is 0. The van der Waals surface area contributed by atoms with Crippen LogP contribution in [0.1, 0.15) is 5.56 Å². The molecule has 2 aromatic rings. The Kier molecular flexibility index (Phi) is 4.57. The summed E-state index contributed by atoms with van der Waals surface area (Å²) in [4.78, 5) is 0.222. The van der Waals surface area contributed by atoms with Crippen LogP contribution in [0.3, 0.4) is 0 Å². The average molecular weight is 410 g/mol. The topological polar surface area (TPSA) is 90.0 Å². The number of hydrogen-bond acceptors (Lipinski definition) is 4. The van der Waals surface area contributed by atoms with Gasteiger partial charge in [0, 0.05) is 17.1 Å². The third-order valence-corrected chi connectivity index (χ3v) is 5.36. The SMILES string of the molecule is Cn1ncc(Cl)c1S(=O)(=O)Nc1ccc(C(N)=S)cc1Br. The quantitative estimate of drug-likeness (QED) is 0.756. The molecule has 0 amide bonds. The zero-order valence-corrected chi connectivity index (χ0v) is 14.6. The molecular weight excluding hydrogens is 400 g/mol. The van der Waals surface area contributed by atoms with Gasteiger partial charge in [-0.2, -0.15) is 13.5 Å². The normalized spacial score (nSPS) is 11.4. The molecule has 1 heterocycles. The lowest BCUT2D eigenvalue weighted by molar-refractivity contribution is 0.582. The summed E-state index contributed by atoms with van der Waals surface area (Å²) in [6.07, 6.45) is 1.26. The summed E-state index contributed by atoms with van der Waals surface area (Å²) < 4.78 is 28.8. The highest BCUT2D eigenvalue weighted by Gasteiger charge is 2.23. The van der Waals surface area contributed by atoms with Crippen molar-refractivity contribution in [2.24, 2.45) is 12.8 Å². The van der Waals surface area contributed by atoms with Crippen LogP contribution >= 0.6 is 39.7 Å². The molecular formula is C11H10BrClN4O2S2. The molecule has 0 radical (unpaired) electrons. The minimum Gasteiger partial charge on any atom is -0.389 e. The van der Waals surface area contributed by atoms with Crippen LogP contribution in [0.2, 0.25) is 5.02 Å². The molecule has 21 heavy (non-hydrogen) atoms. The van der Waals surface area contributed by atoms with Crippen LogP contribution < -0.4 is 10.5 Å². The van der Waals surface area contributed by atoms with Gasteiger partial charge in [-0.3, -0.25) is 9.40 Å². The van der Waals surface area contributed by atoms with E-state index in [-0.39, 0.29) is 15.0 Å². The van der Waals surface area contributed by atoms with E-state index in [0.29, 0.717) is 15.7 Å². The molecule has 1 aromatic heterocycles. The molecule has 10 heteroatoms. The van der Waals surface area contributed by atoms with E-state index in [1.165, 1.54) is 17.9 Å². The van der Waals surface area contributed by atoms with Crippen LogP contribution in [-0.4, -0.2) is 23.2 Å². The van der Waals surface area contributed by atoms with Crippen LogP contribution in [0.5, 0.6) is 0 Å². The molecule has 0 aliphatic rings. The van der Waals surface area contributed by atoms with E-state index in [0.717, 1.165) is 0 Å². The lowest BCUT2D eigenvalue weighted by Gasteiger charge is -2.11. The summed E-state index contributed by atoms with van der Waals surface area (Å²) >= 11 is 14.0. The number of aromatic nitrogens is 2. The third-order valence-electron chi connectivity index (χ3n) is 2.59. The summed E-state index contributed by atoms with van der Waals surface area (Å²) in [6, 6.07) is 4.81. The van der Waals surface area contributed by atoms with Crippen LogP contribution in [0, 0.1) is 0 Å². The minimum absolute atomic E-state index is 0.0425. The standard InChI is InChI=1S/C11H10BrClN4O2S2/c1-17-11(8(13)5-15-17)21(18,19)16-9-3-2-6(10(14)20)4-7(9)12/h2-5,16H,1H3,(H2,14,20). The van der Waals surface area contributed by atoms with Crippen LogP contribution in [0.4, 0.5) is 5.69 Å². The van der Waals surface area contributed by atoms with Gasteiger partial charge in [0.2, 0.25) is 0 Å². The predicted octanol–water partition coefficient (Wildman–Crippen LogP) is 2.27. The number of hydrogen-bond donors (Lipinski definition) is 2. The van der Waals surface area contributed by atoms with Crippen molar-refractivity contribution < 1.29 is 8.42 Å². The molecule has 3 N–H and O–H groups in total. The Labute approximate surface area is 140 Å². The maximum Gasteiger partial charge on any atom is 0.280 e. The third kappa shape index (κ3) is 3.37.